The second-order valence-corrected chi connectivity index (χ2v) is 7.03. The summed E-state index contributed by atoms with van der Waals surface area (Å²) in [6, 6.07) is 1.79. The van der Waals surface area contributed by atoms with E-state index >= 15 is 0 Å². The first-order valence-corrected chi connectivity index (χ1v) is 8.15. The maximum atomic E-state index is 12.5. The Kier molecular flexibility index (Phi) is 5.56. The minimum absolute atomic E-state index is 0.0539. The van der Waals surface area contributed by atoms with Crippen LogP contribution in [0.4, 0.5) is 5.69 Å². The number of hydrogen-bond donors (Lipinski definition) is 3. The van der Waals surface area contributed by atoms with E-state index < -0.39 is 10.0 Å². The van der Waals surface area contributed by atoms with Crippen molar-refractivity contribution in [3.05, 3.63) is 22.8 Å². The maximum Gasteiger partial charge on any atom is 0.241 e. The third-order valence-corrected chi connectivity index (χ3v) is 5.29. The van der Waals surface area contributed by atoms with Gasteiger partial charge in [0.05, 0.1) is 4.90 Å². The van der Waals surface area contributed by atoms with Crippen molar-refractivity contribution in [3.8, 4) is 0 Å². The van der Waals surface area contributed by atoms with Gasteiger partial charge in [0.25, 0.3) is 0 Å². The Morgan fingerprint density at radius 1 is 1.30 bits per heavy atom. The highest BCUT2D eigenvalue weighted by Gasteiger charge is 2.22. The van der Waals surface area contributed by atoms with Gasteiger partial charge in [-0.25, -0.2) is 13.1 Å². The van der Waals surface area contributed by atoms with Crippen LogP contribution in [-0.2, 0) is 10.0 Å². The van der Waals surface area contributed by atoms with Crippen LogP contribution < -0.4 is 10.5 Å². The van der Waals surface area contributed by atoms with Crippen LogP contribution in [0.5, 0.6) is 0 Å². The van der Waals surface area contributed by atoms with Crippen LogP contribution in [0.25, 0.3) is 0 Å². The smallest absolute Gasteiger partial charge is 0.241 e. The minimum atomic E-state index is -3.59. The lowest BCUT2D eigenvalue weighted by atomic mass is 10.1. The van der Waals surface area contributed by atoms with E-state index in [1.807, 2.05) is 13.8 Å². The van der Waals surface area contributed by atoms with E-state index in [1.165, 1.54) is 0 Å². The zero-order chi connectivity index (χ0) is 15.5. The number of nitrogen functional groups attached to an aromatic ring is 1. The van der Waals surface area contributed by atoms with Crippen molar-refractivity contribution in [1.82, 2.24) is 4.72 Å². The predicted octanol–water partition coefficient (Wildman–Crippen LogP) is 1.49. The lowest BCUT2D eigenvalue weighted by Crippen LogP contribution is -2.30. The van der Waals surface area contributed by atoms with Crippen LogP contribution in [0.2, 0.25) is 0 Å². The Balaban J connectivity index is 3.10. The Morgan fingerprint density at radius 2 is 1.90 bits per heavy atom. The van der Waals surface area contributed by atoms with E-state index in [0.717, 1.165) is 11.1 Å². The molecule has 0 aliphatic carbocycles. The van der Waals surface area contributed by atoms with Crippen LogP contribution in [-0.4, -0.2) is 26.7 Å². The minimum Gasteiger partial charge on any atom is -0.398 e. The first-order chi connectivity index (χ1) is 9.20. The largest absolute Gasteiger partial charge is 0.398 e. The third kappa shape index (κ3) is 3.71. The van der Waals surface area contributed by atoms with Gasteiger partial charge in [0, 0.05) is 18.8 Å². The molecule has 0 amide bonds. The molecule has 0 bridgehead atoms. The average Bonchev–Trinajstić information content (AvgIpc) is 2.35. The number of aryl methyl sites for hydroxylation is 1. The van der Waals surface area contributed by atoms with Gasteiger partial charge in [0.2, 0.25) is 10.0 Å². The molecule has 20 heavy (non-hydrogen) atoms. The number of hydrogen-bond acceptors (Lipinski definition) is 4. The van der Waals surface area contributed by atoms with Crippen LogP contribution in [0, 0.1) is 26.7 Å². The van der Waals surface area contributed by atoms with Gasteiger partial charge >= 0.3 is 0 Å². The number of anilines is 1. The number of sulfonamides is 1. The lowest BCUT2D eigenvalue weighted by molar-refractivity contribution is 0.263. The highest BCUT2D eigenvalue weighted by atomic mass is 32.2. The maximum absolute atomic E-state index is 12.5. The molecule has 0 aromatic heterocycles. The molecule has 5 nitrogen and oxygen atoms in total. The molecule has 4 N–H and O–H groups in total. The van der Waals surface area contributed by atoms with Crippen molar-refractivity contribution in [2.24, 2.45) is 5.92 Å². The van der Waals surface area contributed by atoms with Crippen LogP contribution in [0.1, 0.15) is 30.0 Å². The normalized spacial score (nSPS) is 13.4. The summed E-state index contributed by atoms with van der Waals surface area (Å²) >= 11 is 0. The molecule has 114 valence electrons. The monoisotopic (exact) mass is 300 g/mol. The molecule has 0 heterocycles. The summed E-state index contributed by atoms with van der Waals surface area (Å²) in [4.78, 5) is 0.270. The lowest BCUT2D eigenvalue weighted by Gasteiger charge is -2.17. The van der Waals surface area contributed by atoms with E-state index in [0.29, 0.717) is 24.2 Å². The zero-order valence-electron chi connectivity index (χ0n) is 12.5. The SMILES string of the molecule is Cc1cc(N)c(C)c(S(=O)(=O)NCC(C)CCO)c1C. The highest BCUT2D eigenvalue weighted by molar-refractivity contribution is 7.89. The average molecular weight is 300 g/mol. The molecule has 0 aliphatic rings. The van der Waals surface area contributed by atoms with Crippen LogP contribution in [0.15, 0.2) is 11.0 Å². The summed E-state index contributed by atoms with van der Waals surface area (Å²) in [5, 5.41) is 8.85. The number of rotatable bonds is 6. The molecule has 0 radical (unpaired) electrons. The van der Waals surface area contributed by atoms with E-state index in [9.17, 15) is 8.42 Å². The topological polar surface area (TPSA) is 92.4 Å². The summed E-state index contributed by atoms with van der Waals surface area (Å²) in [7, 11) is -3.59. The molecule has 0 spiro atoms. The molecule has 1 atom stereocenters. The molecule has 1 aromatic rings. The van der Waals surface area contributed by atoms with E-state index in [-0.39, 0.29) is 17.4 Å². The molecule has 1 unspecified atom stereocenters. The van der Waals surface area contributed by atoms with E-state index in [1.54, 1.807) is 19.9 Å². The number of benzene rings is 1. The Morgan fingerprint density at radius 3 is 2.45 bits per heavy atom. The molecular formula is C14H24N2O3S. The first kappa shape index (κ1) is 16.9. The Hall–Kier alpha value is -1.11. The zero-order valence-corrected chi connectivity index (χ0v) is 13.3. The van der Waals surface area contributed by atoms with Crippen LogP contribution >= 0.6 is 0 Å². The summed E-state index contributed by atoms with van der Waals surface area (Å²) in [5.41, 5.74) is 8.51. The second kappa shape index (κ2) is 6.56. The van der Waals surface area contributed by atoms with Crippen molar-refractivity contribution in [1.29, 1.82) is 0 Å². The van der Waals surface area contributed by atoms with Crippen molar-refractivity contribution < 1.29 is 13.5 Å². The molecule has 1 aromatic carbocycles. The fourth-order valence-corrected chi connectivity index (χ4v) is 3.82. The molecule has 0 aliphatic heterocycles. The fourth-order valence-electron chi connectivity index (χ4n) is 2.09. The molecule has 6 heteroatoms. The summed E-state index contributed by atoms with van der Waals surface area (Å²) < 4.78 is 27.5. The molecule has 0 saturated heterocycles. The van der Waals surface area contributed by atoms with Gasteiger partial charge in [-0.2, -0.15) is 0 Å². The standard InChI is InChI=1S/C14H24N2O3S/c1-9(5-6-17)8-16-20(18,19)14-11(3)10(2)7-13(15)12(14)4/h7,9,16-17H,5-6,8,15H2,1-4H3. The predicted molar refractivity (Wildman–Crippen MR) is 81.1 cm³/mol. The van der Waals surface area contributed by atoms with E-state index in [2.05, 4.69) is 4.72 Å². The Labute approximate surface area is 121 Å². The summed E-state index contributed by atoms with van der Waals surface area (Å²) in [5.74, 6) is 0.0811. The van der Waals surface area contributed by atoms with Gasteiger partial charge in [-0.3, -0.25) is 0 Å². The summed E-state index contributed by atoms with van der Waals surface area (Å²) in [6.45, 7) is 7.59. The number of aliphatic hydroxyl groups excluding tert-OH is 1. The van der Waals surface area contributed by atoms with Gasteiger partial charge in [-0.1, -0.05) is 6.92 Å². The van der Waals surface area contributed by atoms with E-state index in [4.69, 9.17) is 10.8 Å². The molecule has 0 fully saturated rings. The van der Waals surface area contributed by atoms with Crippen molar-refractivity contribution in [3.63, 3.8) is 0 Å². The van der Waals surface area contributed by atoms with Crippen molar-refractivity contribution in [2.75, 3.05) is 18.9 Å². The number of nitrogens with one attached hydrogen (secondary N) is 1. The van der Waals surface area contributed by atoms with Gasteiger partial charge in [-0.05, 0) is 55.9 Å². The molecular weight excluding hydrogens is 276 g/mol. The molecule has 0 saturated carbocycles. The van der Waals surface area contributed by atoms with Crippen molar-refractivity contribution in [2.45, 2.75) is 39.0 Å². The first-order valence-electron chi connectivity index (χ1n) is 6.67. The quantitative estimate of drug-likeness (QED) is 0.694. The van der Waals surface area contributed by atoms with Crippen molar-refractivity contribution >= 4 is 15.7 Å². The van der Waals surface area contributed by atoms with Gasteiger partial charge in [0.15, 0.2) is 0 Å². The number of aliphatic hydroxyl groups is 1. The summed E-state index contributed by atoms with van der Waals surface area (Å²) in [6.07, 6.45) is 0.566. The fraction of sp³-hybridized carbons (Fsp3) is 0.571. The van der Waals surface area contributed by atoms with Gasteiger partial charge in [0.1, 0.15) is 0 Å². The third-order valence-electron chi connectivity index (χ3n) is 3.59. The van der Waals surface area contributed by atoms with Gasteiger partial charge < -0.3 is 10.8 Å². The molecule has 1 rings (SSSR count). The van der Waals surface area contributed by atoms with Crippen LogP contribution in [0.3, 0.4) is 0 Å². The number of nitrogens with two attached hydrogens (primary N) is 1. The Bertz CT molecular complexity index is 556. The highest BCUT2D eigenvalue weighted by Crippen LogP contribution is 2.27. The second-order valence-electron chi connectivity index (χ2n) is 5.33. The van der Waals surface area contributed by atoms with Gasteiger partial charge in [-0.15, -0.1) is 0 Å².